The first-order valence-electron chi connectivity index (χ1n) is 6.37. The first kappa shape index (κ1) is 15.3. The summed E-state index contributed by atoms with van der Waals surface area (Å²) in [6.07, 6.45) is 0.591. The molecule has 0 unspecified atom stereocenters. The first-order chi connectivity index (χ1) is 9.28. The van der Waals surface area contributed by atoms with Gasteiger partial charge in [0.05, 0.1) is 11.5 Å². The lowest BCUT2D eigenvalue weighted by molar-refractivity contribution is 0.436. The van der Waals surface area contributed by atoms with E-state index in [0.717, 1.165) is 12.1 Å². The van der Waals surface area contributed by atoms with Crippen LogP contribution in [0, 0.1) is 23.4 Å². The standard InChI is InChI=1S/C13H16F3NO2S/c1-8(10-4-11(14)13(16)12(15)5-10)17-6-9-2-3-20(18,19)7-9/h4-5,8-9,17H,2-3,6-7H2,1H3/t8-,9-/m1/s1. The van der Waals surface area contributed by atoms with Gasteiger partial charge in [-0.2, -0.15) is 0 Å². The molecule has 0 aliphatic carbocycles. The molecule has 20 heavy (non-hydrogen) atoms. The molecule has 0 aromatic heterocycles. The molecule has 1 saturated heterocycles. The minimum absolute atomic E-state index is 0.0117. The molecule has 1 aliphatic heterocycles. The van der Waals surface area contributed by atoms with Crippen LogP contribution in [0.5, 0.6) is 0 Å². The van der Waals surface area contributed by atoms with Crippen molar-refractivity contribution >= 4 is 9.84 Å². The van der Waals surface area contributed by atoms with Gasteiger partial charge in [0.15, 0.2) is 27.3 Å². The molecule has 1 heterocycles. The third-order valence-corrected chi connectivity index (χ3v) is 5.38. The van der Waals surface area contributed by atoms with Crippen LogP contribution in [-0.2, 0) is 9.84 Å². The average Bonchev–Trinajstić information content (AvgIpc) is 2.72. The van der Waals surface area contributed by atoms with Crippen molar-refractivity contribution in [3.8, 4) is 0 Å². The van der Waals surface area contributed by atoms with Crippen LogP contribution in [0.25, 0.3) is 0 Å². The monoisotopic (exact) mass is 307 g/mol. The van der Waals surface area contributed by atoms with E-state index in [1.165, 1.54) is 0 Å². The second kappa shape index (κ2) is 5.73. The van der Waals surface area contributed by atoms with Crippen LogP contribution < -0.4 is 5.32 Å². The highest BCUT2D eigenvalue weighted by molar-refractivity contribution is 7.91. The third kappa shape index (κ3) is 3.52. The van der Waals surface area contributed by atoms with Crippen molar-refractivity contribution in [1.82, 2.24) is 5.32 Å². The van der Waals surface area contributed by atoms with Crippen LogP contribution in [-0.4, -0.2) is 26.5 Å². The van der Waals surface area contributed by atoms with Crippen LogP contribution in [0.4, 0.5) is 13.2 Å². The van der Waals surface area contributed by atoms with E-state index < -0.39 is 27.3 Å². The first-order valence-corrected chi connectivity index (χ1v) is 8.19. The second-order valence-corrected chi connectivity index (χ2v) is 7.43. The van der Waals surface area contributed by atoms with E-state index in [9.17, 15) is 21.6 Å². The molecule has 0 radical (unpaired) electrons. The molecule has 112 valence electrons. The maximum absolute atomic E-state index is 13.1. The van der Waals surface area contributed by atoms with Gasteiger partial charge in [-0.3, -0.25) is 0 Å². The fourth-order valence-corrected chi connectivity index (χ4v) is 4.18. The zero-order valence-electron chi connectivity index (χ0n) is 11.0. The molecule has 0 spiro atoms. The summed E-state index contributed by atoms with van der Waals surface area (Å²) in [5.74, 6) is -3.60. The number of halogens is 3. The smallest absolute Gasteiger partial charge is 0.194 e. The van der Waals surface area contributed by atoms with E-state index in [2.05, 4.69) is 5.32 Å². The fourth-order valence-electron chi connectivity index (χ4n) is 2.32. The van der Waals surface area contributed by atoms with Crippen LogP contribution in [0.2, 0.25) is 0 Å². The summed E-state index contributed by atoms with van der Waals surface area (Å²) in [4.78, 5) is 0. The number of hydrogen-bond acceptors (Lipinski definition) is 3. The van der Waals surface area contributed by atoms with Gasteiger partial charge in [-0.25, -0.2) is 21.6 Å². The van der Waals surface area contributed by atoms with Gasteiger partial charge in [-0.1, -0.05) is 0 Å². The lowest BCUT2D eigenvalue weighted by Crippen LogP contribution is -2.26. The Kier molecular flexibility index (Phi) is 4.39. The van der Waals surface area contributed by atoms with Crippen molar-refractivity contribution in [2.45, 2.75) is 19.4 Å². The van der Waals surface area contributed by atoms with Gasteiger partial charge in [0.25, 0.3) is 0 Å². The van der Waals surface area contributed by atoms with Crippen LogP contribution in [0.1, 0.15) is 24.9 Å². The summed E-state index contributed by atoms with van der Waals surface area (Å²) in [5.41, 5.74) is 0.294. The fraction of sp³-hybridized carbons (Fsp3) is 0.538. The molecule has 1 aromatic rings. The zero-order valence-corrected chi connectivity index (χ0v) is 11.8. The average molecular weight is 307 g/mol. The number of hydrogen-bond donors (Lipinski definition) is 1. The molecule has 7 heteroatoms. The highest BCUT2D eigenvalue weighted by Crippen LogP contribution is 2.21. The normalized spacial score (nSPS) is 22.9. The second-order valence-electron chi connectivity index (χ2n) is 5.20. The summed E-state index contributed by atoms with van der Waals surface area (Å²) in [6.45, 7) is 2.14. The van der Waals surface area contributed by atoms with Crippen molar-refractivity contribution < 1.29 is 21.6 Å². The molecule has 1 aliphatic rings. The van der Waals surface area contributed by atoms with E-state index in [1.807, 2.05) is 0 Å². The maximum Gasteiger partial charge on any atom is 0.194 e. The zero-order chi connectivity index (χ0) is 14.9. The Morgan fingerprint density at radius 2 is 1.90 bits per heavy atom. The van der Waals surface area contributed by atoms with Gasteiger partial charge in [-0.15, -0.1) is 0 Å². The van der Waals surface area contributed by atoms with Gasteiger partial charge in [-0.05, 0) is 43.5 Å². The summed E-state index contributed by atoms with van der Waals surface area (Å²) in [5, 5.41) is 3.03. The summed E-state index contributed by atoms with van der Waals surface area (Å²) in [7, 11) is -2.94. The maximum atomic E-state index is 13.1. The topological polar surface area (TPSA) is 46.2 Å². The Morgan fingerprint density at radius 3 is 2.40 bits per heavy atom. The summed E-state index contributed by atoms with van der Waals surface area (Å²) in [6, 6.07) is 1.51. The Balaban J connectivity index is 1.97. The minimum atomic E-state index is -2.94. The summed E-state index contributed by atoms with van der Waals surface area (Å²) < 4.78 is 61.7. The molecule has 1 aromatic carbocycles. The highest BCUT2D eigenvalue weighted by Gasteiger charge is 2.28. The minimum Gasteiger partial charge on any atom is -0.310 e. The molecule has 0 amide bonds. The lowest BCUT2D eigenvalue weighted by atomic mass is 10.1. The van der Waals surface area contributed by atoms with Crippen LogP contribution in [0.15, 0.2) is 12.1 Å². The Morgan fingerprint density at radius 1 is 1.30 bits per heavy atom. The van der Waals surface area contributed by atoms with Gasteiger partial charge in [0.2, 0.25) is 0 Å². The quantitative estimate of drug-likeness (QED) is 0.867. The van der Waals surface area contributed by atoms with Crippen molar-refractivity contribution in [1.29, 1.82) is 0 Å². The van der Waals surface area contributed by atoms with Gasteiger partial charge >= 0.3 is 0 Å². The molecular formula is C13H16F3NO2S. The lowest BCUT2D eigenvalue weighted by Gasteiger charge is -2.17. The third-order valence-electron chi connectivity index (χ3n) is 3.55. The van der Waals surface area contributed by atoms with Crippen molar-refractivity contribution in [2.24, 2.45) is 5.92 Å². The predicted octanol–water partition coefficient (Wildman–Crippen LogP) is 2.19. The molecule has 1 N–H and O–H groups in total. The van der Waals surface area contributed by atoms with Gasteiger partial charge in [0.1, 0.15) is 0 Å². The van der Waals surface area contributed by atoms with E-state index in [-0.39, 0.29) is 23.5 Å². The van der Waals surface area contributed by atoms with E-state index in [0.29, 0.717) is 18.5 Å². The molecule has 0 bridgehead atoms. The Hall–Kier alpha value is -1.08. The van der Waals surface area contributed by atoms with E-state index in [1.54, 1.807) is 6.92 Å². The molecule has 1 fully saturated rings. The van der Waals surface area contributed by atoms with Crippen LogP contribution >= 0.6 is 0 Å². The molecule has 2 atom stereocenters. The highest BCUT2D eigenvalue weighted by atomic mass is 32.2. The Bertz CT molecular complexity index is 581. The summed E-state index contributed by atoms with van der Waals surface area (Å²) >= 11 is 0. The number of nitrogens with one attached hydrogen (secondary N) is 1. The van der Waals surface area contributed by atoms with E-state index in [4.69, 9.17) is 0 Å². The van der Waals surface area contributed by atoms with Crippen molar-refractivity contribution in [2.75, 3.05) is 18.1 Å². The molecule has 2 rings (SSSR count). The number of rotatable bonds is 4. The predicted molar refractivity (Wildman–Crippen MR) is 69.5 cm³/mol. The largest absolute Gasteiger partial charge is 0.310 e. The number of benzene rings is 1. The molecule has 3 nitrogen and oxygen atoms in total. The number of sulfone groups is 1. The van der Waals surface area contributed by atoms with E-state index >= 15 is 0 Å². The molecule has 0 saturated carbocycles. The van der Waals surface area contributed by atoms with Crippen LogP contribution in [0.3, 0.4) is 0 Å². The van der Waals surface area contributed by atoms with Crippen molar-refractivity contribution in [3.63, 3.8) is 0 Å². The SMILES string of the molecule is C[C@@H](NC[C@H]1CCS(=O)(=O)C1)c1cc(F)c(F)c(F)c1. The molecular weight excluding hydrogens is 291 g/mol. The van der Waals surface area contributed by atoms with Gasteiger partial charge < -0.3 is 5.32 Å². The van der Waals surface area contributed by atoms with Gasteiger partial charge in [0, 0.05) is 6.04 Å². The van der Waals surface area contributed by atoms with Crippen molar-refractivity contribution in [3.05, 3.63) is 35.1 Å². The Labute approximate surface area is 116 Å².